The Morgan fingerprint density at radius 3 is 1.91 bits per heavy atom. The van der Waals surface area contributed by atoms with E-state index >= 15 is 0 Å². The number of hydrogen-bond donors (Lipinski definition) is 4. The molecule has 0 aliphatic heterocycles. The molecule has 0 aromatic heterocycles. The van der Waals surface area contributed by atoms with Crippen LogP contribution in [0.4, 0.5) is 0 Å². The Morgan fingerprint density at radius 1 is 1.09 bits per heavy atom. The van der Waals surface area contributed by atoms with Gasteiger partial charge in [-0.05, 0) is 11.5 Å². The lowest BCUT2D eigenvalue weighted by atomic mass is 10.1. The summed E-state index contributed by atoms with van der Waals surface area (Å²) in [7, 11) is 0. The van der Waals surface area contributed by atoms with E-state index in [1.54, 1.807) is 13.8 Å². The number of benzene rings is 1. The van der Waals surface area contributed by atoms with E-state index in [1.165, 1.54) is 6.92 Å². The summed E-state index contributed by atoms with van der Waals surface area (Å²) < 4.78 is 0. The first kappa shape index (κ1) is 20.6. The maximum atomic E-state index is 10.8. The smallest absolute Gasteiger partial charge is 0.326 e. The van der Waals surface area contributed by atoms with Crippen molar-refractivity contribution in [1.82, 2.24) is 5.32 Å². The molecule has 1 amide bonds. The number of carboxylic acid groups (broad SMARTS) is 2. The molecule has 0 spiro atoms. The fourth-order valence-corrected chi connectivity index (χ4v) is 1.58. The summed E-state index contributed by atoms with van der Waals surface area (Å²) in [6, 6.07) is 7.62. The molecule has 0 unspecified atom stereocenters. The summed E-state index contributed by atoms with van der Waals surface area (Å²) in [5.41, 5.74) is 6.05. The predicted octanol–water partition coefficient (Wildman–Crippen LogP) is 0.873. The molecule has 0 bridgehead atoms. The van der Waals surface area contributed by atoms with Gasteiger partial charge in [-0.15, -0.1) is 0 Å². The van der Waals surface area contributed by atoms with Gasteiger partial charge < -0.3 is 21.3 Å². The van der Waals surface area contributed by atoms with E-state index in [1.807, 2.05) is 30.3 Å². The van der Waals surface area contributed by atoms with Gasteiger partial charge in [0, 0.05) is 13.3 Å². The highest BCUT2D eigenvalue weighted by Crippen LogP contribution is 2.03. The molecule has 0 heterocycles. The first-order valence-corrected chi connectivity index (χ1v) is 7.17. The largest absolute Gasteiger partial charge is 0.480 e. The van der Waals surface area contributed by atoms with Crippen molar-refractivity contribution >= 4 is 17.8 Å². The van der Waals surface area contributed by atoms with Gasteiger partial charge >= 0.3 is 11.9 Å². The maximum Gasteiger partial charge on any atom is 0.326 e. The second-order valence-corrected chi connectivity index (χ2v) is 5.39. The lowest BCUT2D eigenvalue weighted by Gasteiger charge is -2.12. The van der Waals surface area contributed by atoms with Gasteiger partial charge in [-0.1, -0.05) is 44.2 Å². The summed E-state index contributed by atoms with van der Waals surface area (Å²) >= 11 is 0. The number of carbonyl (C=O) groups is 3. The summed E-state index contributed by atoms with van der Waals surface area (Å²) in [6.07, 6.45) is 0.301. The van der Waals surface area contributed by atoms with E-state index in [-0.39, 0.29) is 11.8 Å². The lowest BCUT2D eigenvalue weighted by Crippen LogP contribution is -2.41. The average molecular weight is 324 g/mol. The van der Waals surface area contributed by atoms with E-state index in [2.05, 4.69) is 5.32 Å². The first-order chi connectivity index (χ1) is 10.6. The van der Waals surface area contributed by atoms with Gasteiger partial charge in [-0.3, -0.25) is 9.59 Å². The molecule has 128 valence electrons. The third-order valence-electron chi connectivity index (χ3n) is 2.96. The van der Waals surface area contributed by atoms with Crippen LogP contribution in [0.5, 0.6) is 0 Å². The normalized spacial score (nSPS) is 12.6. The molecule has 0 radical (unpaired) electrons. The fourth-order valence-electron chi connectivity index (χ4n) is 1.58. The van der Waals surface area contributed by atoms with Crippen LogP contribution in [0.3, 0.4) is 0 Å². The molecular formula is C16H24N2O5. The average Bonchev–Trinajstić information content (AvgIpc) is 2.46. The van der Waals surface area contributed by atoms with Crippen LogP contribution in [0.15, 0.2) is 30.3 Å². The predicted molar refractivity (Wildman–Crippen MR) is 85.8 cm³/mol. The third-order valence-corrected chi connectivity index (χ3v) is 2.96. The molecule has 2 atom stereocenters. The molecule has 1 aromatic rings. The third kappa shape index (κ3) is 9.26. The van der Waals surface area contributed by atoms with E-state index in [0.717, 1.165) is 5.56 Å². The molecular weight excluding hydrogens is 300 g/mol. The van der Waals surface area contributed by atoms with E-state index in [0.29, 0.717) is 6.42 Å². The van der Waals surface area contributed by atoms with Crippen LogP contribution in [-0.2, 0) is 20.8 Å². The highest BCUT2D eigenvalue weighted by Gasteiger charge is 2.18. The number of aliphatic carboxylic acids is 2. The van der Waals surface area contributed by atoms with E-state index in [9.17, 15) is 14.4 Å². The van der Waals surface area contributed by atoms with Crippen LogP contribution in [0.25, 0.3) is 0 Å². The van der Waals surface area contributed by atoms with Gasteiger partial charge in [0.1, 0.15) is 12.1 Å². The highest BCUT2D eigenvalue weighted by atomic mass is 16.4. The number of carbonyl (C=O) groups excluding carboxylic acids is 1. The minimum atomic E-state index is -1.02. The van der Waals surface area contributed by atoms with Gasteiger partial charge in [-0.2, -0.15) is 0 Å². The van der Waals surface area contributed by atoms with Crippen molar-refractivity contribution in [3.8, 4) is 0 Å². The second kappa shape index (κ2) is 10.3. The first-order valence-electron chi connectivity index (χ1n) is 7.17. The number of nitrogens with one attached hydrogen (secondary N) is 1. The molecule has 0 saturated heterocycles. The van der Waals surface area contributed by atoms with Crippen LogP contribution >= 0.6 is 0 Å². The molecule has 7 heteroatoms. The molecule has 0 aliphatic carbocycles. The van der Waals surface area contributed by atoms with Gasteiger partial charge in [0.05, 0.1) is 0 Å². The van der Waals surface area contributed by atoms with Gasteiger partial charge in [-0.25, -0.2) is 4.79 Å². The summed E-state index contributed by atoms with van der Waals surface area (Å²) in [4.78, 5) is 31.6. The Bertz CT molecular complexity index is 516. The van der Waals surface area contributed by atoms with E-state index in [4.69, 9.17) is 15.9 Å². The lowest BCUT2D eigenvalue weighted by molar-refractivity contribution is -0.141. The fraction of sp³-hybridized carbons (Fsp3) is 0.438. The second-order valence-electron chi connectivity index (χ2n) is 5.39. The van der Waals surface area contributed by atoms with Crippen molar-refractivity contribution in [2.45, 2.75) is 39.3 Å². The van der Waals surface area contributed by atoms with Crippen molar-refractivity contribution in [3.63, 3.8) is 0 Å². The van der Waals surface area contributed by atoms with Crippen molar-refractivity contribution in [3.05, 3.63) is 35.9 Å². The van der Waals surface area contributed by atoms with Crippen molar-refractivity contribution in [2.24, 2.45) is 11.7 Å². The number of carboxylic acids is 2. The molecule has 0 aliphatic rings. The quantitative estimate of drug-likeness (QED) is 0.614. The zero-order valence-corrected chi connectivity index (χ0v) is 13.5. The van der Waals surface area contributed by atoms with Crippen molar-refractivity contribution in [1.29, 1.82) is 0 Å². The van der Waals surface area contributed by atoms with E-state index < -0.39 is 24.0 Å². The minimum Gasteiger partial charge on any atom is -0.480 e. The molecule has 0 saturated carbocycles. The number of amides is 1. The summed E-state index contributed by atoms with van der Waals surface area (Å²) in [5, 5.41) is 19.5. The minimum absolute atomic E-state index is 0.0208. The Balaban J connectivity index is 0.000000515. The zero-order chi connectivity index (χ0) is 18.0. The van der Waals surface area contributed by atoms with Gasteiger partial charge in [0.15, 0.2) is 0 Å². The number of hydrogen-bond acceptors (Lipinski definition) is 4. The number of rotatable bonds is 6. The SMILES string of the molecule is CC(=O)N[C@@H](Cc1ccccc1)C(=O)O.CC(C)[C@H](N)C(=O)O. The standard InChI is InChI=1S/C11H13NO3.C5H11NO2/c1-8(13)12-10(11(14)15)7-9-5-3-2-4-6-9;1-3(2)4(6)5(7)8/h2-6,10H,7H2,1H3,(H,12,13)(H,14,15);3-4H,6H2,1-2H3,(H,7,8)/t10-;4-/m00/s1. The number of nitrogens with two attached hydrogens (primary N) is 1. The molecule has 5 N–H and O–H groups in total. The van der Waals surface area contributed by atoms with Crippen LogP contribution in [0, 0.1) is 5.92 Å². The van der Waals surface area contributed by atoms with Crippen LogP contribution in [-0.4, -0.2) is 40.1 Å². The topological polar surface area (TPSA) is 130 Å². The monoisotopic (exact) mass is 324 g/mol. The van der Waals surface area contributed by atoms with Crippen molar-refractivity contribution in [2.75, 3.05) is 0 Å². The van der Waals surface area contributed by atoms with Gasteiger partial charge in [0.25, 0.3) is 0 Å². The van der Waals surface area contributed by atoms with Crippen molar-refractivity contribution < 1.29 is 24.6 Å². The molecule has 7 nitrogen and oxygen atoms in total. The molecule has 0 fully saturated rings. The Morgan fingerprint density at radius 2 is 1.61 bits per heavy atom. The van der Waals surface area contributed by atoms with Crippen LogP contribution < -0.4 is 11.1 Å². The van der Waals surface area contributed by atoms with Crippen LogP contribution in [0.1, 0.15) is 26.3 Å². The molecule has 23 heavy (non-hydrogen) atoms. The molecule has 1 rings (SSSR count). The molecule has 1 aromatic carbocycles. The Labute approximate surface area is 135 Å². The Kier molecular flexibility index (Phi) is 9.26. The highest BCUT2D eigenvalue weighted by molar-refractivity contribution is 5.82. The summed E-state index contributed by atoms with van der Waals surface area (Å²) in [5.74, 6) is -2.26. The summed E-state index contributed by atoms with van der Waals surface area (Å²) in [6.45, 7) is 4.86. The Hall–Kier alpha value is -2.41. The van der Waals surface area contributed by atoms with Gasteiger partial charge in [0.2, 0.25) is 5.91 Å². The zero-order valence-electron chi connectivity index (χ0n) is 13.5. The van der Waals surface area contributed by atoms with Crippen LogP contribution in [0.2, 0.25) is 0 Å². The maximum absolute atomic E-state index is 10.8.